The molecule has 27 heavy (non-hydrogen) atoms. The summed E-state index contributed by atoms with van der Waals surface area (Å²) in [4.78, 5) is 24.4. The summed E-state index contributed by atoms with van der Waals surface area (Å²) in [5, 5.41) is 31.4. The van der Waals surface area contributed by atoms with Crippen LogP contribution < -0.4 is 0 Å². The Kier molecular flexibility index (Phi) is 4.04. The largest absolute Gasteiger partial charge is 0.511 e. The molecule has 0 amide bonds. The Morgan fingerprint density at radius 3 is 2.52 bits per heavy atom. The van der Waals surface area contributed by atoms with Gasteiger partial charge in [0.2, 0.25) is 0 Å². The molecule has 0 aromatic carbocycles. The first kappa shape index (κ1) is 18.9. The number of carbonyl (C=O) groups is 2. The van der Waals surface area contributed by atoms with Crippen LogP contribution in [0.25, 0.3) is 0 Å². The van der Waals surface area contributed by atoms with Gasteiger partial charge in [0.15, 0.2) is 11.6 Å². The lowest BCUT2D eigenvalue weighted by atomic mass is 9.45. The van der Waals surface area contributed by atoms with Crippen molar-refractivity contribution in [3.63, 3.8) is 0 Å². The van der Waals surface area contributed by atoms with Crippen molar-refractivity contribution >= 4 is 11.6 Å². The van der Waals surface area contributed by atoms with E-state index < -0.39 is 28.8 Å². The minimum absolute atomic E-state index is 0.144. The number of rotatable bonds is 2. The first-order valence-corrected chi connectivity index (χ1v) is 10.1. The standard InChI is InChI=1S/C22H30O5/c1-12-8-14-15-5-7-22(27,19(26)11-23)20(15,2)6-4-16(14)21(3)17(12)9-13(24)10-18(21)25/h9-10,12,14-16,23,25,27H,4-8,11H2,1-3H3/t12-,14-,15-,16-,20-,21+,22-/m0/s1. The fourth-order valence-corrected chi connectivity index (χ4v) is 7.31. The molecular weight excluding hydrogens is 344 g/mol. The van der Waals surface area contributed by atoms with Crippen LogP contribution in [0.1, 0.15) is 52.9 Å². The molecule has 5 heteroatoms. The SMILES string of the molecule is C[C@H]1C[C@@H]2[C@H](CC[C@@]3(C)[C@H]2CC[C@]3(O)C(=O)CO)[C@@]2(C)C(O)=CC(=O)C=C12. The van der Waals surface area contributed by atoms with E-state index in [4.69, 9.17) is 0 Å². The third-order valence-corrected chi connectivity index (χ3v) is 8.80. The maximum Gasteiger partial charge on any atom is 0.190 e. The molecule has 4 rings (SSSR count). The highest BCUT2D eigenvalue weighted by Crippen LogP contribution is 2.68. The summed E-state index contributed by atoms with van der Waals surface area (Å²) in [7, 11) is 0. The first-order chi connectivity index (χ1) is 12.6. The molecule has 3 saturated carbocycles. The third-order valence-electron chi connectivity index (χ3n) is 8.80. The van der Waals surface area contributed by atoms with Gasteiger partial charge in [0.1, 0.15) is 18.0 Å². The van der Waals surface area contributed by atoms with Crippen molar-refractivity contribution in [3.05, 3.63) is 23.5 Å². The van der Waals surface area contributed by atoms with Crippen LogP contribution >= 0.6 is 0 Å². The smallest absolute Gasteiger partial charge is 0.190 e. The lowest BCUT2D eigenvalue weighted by Gasteiger charge is -2.59. The van der Waals surface area contributed by atoms with Crippen LogP contribution in [0.3, 0.4) is 0 Å². The lowest BCUT2D eigenvalue weighted by molar-refractivity contribution is -0.165. The molecular formula is C22H30O5. The number of Topliss-reactive ketones (excluding diaryl/α,β-unsaturated/α-hetero) is 1. The van der Waals surface area contributed by atoms with Gasteiger partial charge in [0, 0.05) is 16.9 Å². The van der Waals surface area contributed by atoms with Crippen molar-refractivity contribution in [2.24, 2.45) is 34.5 Å². The molecule has 3 N–H and O–H groups in total. The molecule has 0 spiro atoms. The van der Waals surface area contributed by atoms with E-state index in [9.17, 15) is 24.9 Å². The fourth-order valence-electron chi connectivity index (χ4n) is 7.31. The Bertz CT molecular complexity index is 767. The van der Waals surface area contributed by atoms with Crippen LogP contribution in [0, 0.1) is 34.5 Å². The zero-order chi connectivity index (χ0) is 19.8. The zero-order valence-electron chi connectivity index (χ0n) is 16.4. The number of hydrogen-bond donors (Lipinski definition) is 3. The fraction of sp³-hybridized carbons (Fsp3) is 0.727. The van der Waals surface area contributed by atoms with Crippen LogP contribution in [-0.4, -0.2) is 39.1 Å². The van der Waals surface area contributed by atoms with Crippen molar-refractivity contribution in [3.8, 4) is 0 Å². The molecule has 0 unspecified atom stereocenters. The number of fused-ring (bicyclic) bond motifs is 5. The normalized spacial score (nSPS) is 48.9. The quantitative estimate of drug-likeness (QED) is 0.691. The maximum absolute atomic E-state index is 12.4. The van der Waals surface area contributed by atoms with E-state index in [-0.39, 0.29) is 35.2 Å². The Labute approximate surface area is 160 Å². The summed E-state index contributed by atoms with van der Waals surface area (Å²) < 4.78 is 0. The van der Waals surface area contributed by atoms with E-state index in [2.05, 4.69) is 6.92 Å². The molecule has 0 radical (unpaired) electrons. The van der Waals surface area contributed by atoms with Crippen LogP contribution in [0.4, 0.5) is 0 Å². The van der Waals surface area contributed by atoms with Gasteiger partial charge in [-0.15, -0.1) is 0 Å². The second kappa shape index (κ2) is 5.77. The van der Waals surface area contributed by atoms with Gasteiger partial charge in [0.25, 0.3) is 0 Å². The summed E-state index contributed by atoms with van der Waals surface area (Å²) >= 11 is 0. The average molecular weight is 374 g/mol. The second-order valence-electron chi connectivity index (χ2n) is 9.68. The molecule has 4 aliphatic carbocycles. The summed E-state index contributed by atoms with van der Waals surface area (Å²) in [6.45, 7) is 5.54. The monoisotopic (exact) mass is 374 g/mol. The summed E-state index contributed by atoms with van der Waals surface area (Å²) in [6, 6.07) is 0. The molecule has 3 fully saturated rings. The van der Waals surface area contributed by atoms with Gasteiger partial charge in [0.05, 0.1) is 0 Å². The minimum atomic E-state index is -1.46. The number of ketones is 2. The van der Waals surface area contributed by atoms with Crippen LogP contribution in [0.5, 0.6) is 0 Å². The average Bonchev–Trinajstić information content (AvgIpc) is 2.89. The van der Waals surface area contributed by atoms with Gasteiger partial charge in [-0.05, 0) is 74.3 Å². The van der Waals surface area contributed by atoms with Gasteiger partial charge < -0.3 is 15.3 Å². The number of aliphatic hydroxyl groups excluding tert-OH is 2. The molecule has 4 aliphatic rings. The molecule has 0 heterocycles. The number of aliphatic hydroxyl groups is 3. The molecule has 0 saturated heterocycles. The Balaban J connectivity index is 1.76. The third kappa shape index (κ3) is 2.18. The van der Waals surface area contributed by atoms with E-state index in [1.807, 2.05) is 13.8 Å². The summed E-state index contributed by atoms with van der Waals surface area (Å²) in [5.41, 5.74) is -1.52. The van der Waals surface area contributed by atoms with Crippen LogP contribution in [-0.2, 0) is 9.59 Å². The molecule has 7 atom stereocenters. The minimum Gasteiger partial charge on any atom is -0.511 e. The van der Waals surface area contributed by atoms with Crippen LogP contribution in [0.15, 0.2) is 23.5 Å². The highest BCUT2D eigenvalue weighted by molar-refractivity contribution is 6.01. The van der Waals surface area contributed by atoms with Gasteiger partial charge in [-0.2, -0.15) is 0 Å². The Hall–Kier alpha value is -1.46. The van der Waals surface area contributed by atoms with Crippen molar-refractivity contribution in [1.29, 1.82) is 0 Å². The van der Waals surface area contributed by atoms with Crippen molar-refractivity contribution < 1.29 is 24.9 Å². The predicted octanol–water partition coefficient (Wildman–Crippen LogP) is 2.72. The first-order valence-electron chi connectivity index (χ1n) is 10.1. The highest BCUT2D eigenvalue weighted by atomic mass is 16.3. The molecule has 5 nitrogen and oxygen atoms in total. The van der Waals surface area contributed by atoms with E-state index in [0.717, 1.165) is 24.8 Å². The zero-order valence-corrected chi connectivity index (χ0v) is 16.4. The molecule has 0 bridgehead atoms. The van der Waals surface area contributed by atoms with E-state index in [0.29, 0.717) is 12.8 Å². The summed E-state index contributed by atoms with van der Waals surface area (Å²) in [6.07, 6.45) is 6.57. The molecule has 0 aromatic heterocycles. The van der Waals surface area contributed by atoms with E-state index in [1.165, 1.54) is 6.08 Å². The van der Waals surface area contributed by atoms with Crippen LogP contribution in [0.2, 0.25) is 0 Å². The predicted molar refractivity (Wildman–Crippen MR) is 99.8 cm³/mol. The molecule has 0 aromatic rings. The molecule has 0 aliphatic heterocycles. The van der Waals surface area contributed by atoms with Crippen molar-refractivity contribution in [2.75, 3.05) is 6.61 Å². The Morgan fingerprint density at radius 2 is 1.85 bits per heavy atom. The van der Waals surface area contributed by atoms with Crippen molar-refractivity contribution in [1.82, 2.24) is 0 Å². The van der Waals surface area contributed by atoms with Gasteiger partial charge in [-0.25, -0.2) is 0 Å². The number of carbonyl (C=O) groups excluding carboxylic acids is 2. The highest BCUT2D eigenvalue weighted by Gasteiger charge is 2.67. The lowest BCUT2D eigenvalue weighted by Crippen LogP contribution is -2.59. The van der Waals surface area contributed by atoms with E-state index >= 15 is 0 Å². The van der Waals surface area contributed by atoms with Gasteiger partial charge in [-0.3, -0.25) is 9.59 Å². The number of hydrogen-bond acceptors (Lipinski definition) is 5. The second-order valence-corrected chi connectivity index (χ2v) is 9.68. The number of allylic oxidation sites excluding steroid dienone is 3. The molecule has 148 valence electrons. The summed E-state index contributed by atoms with van der Waals surface area (Å²) in [5.74, 6) is 0.347. The van der Waals surface area contributed by atoms with Gasteiger partial charge >= 0.3 is 0 Å². The maximum atomic E-state index is 12.4. The van der Waals surface area contributed by atoms with E-state index in [1.54, 1.807) is 6.08 Å². The van der Waals surface area contributed by atoms with Crippen molar-refractivity contribution in [2.45, 2.75) is 58.5 Å². The van der Waals surface area contributed by atoms with Gasteiger partial charge in [-0.1, -0.05) is 13.8 Å². The topological polar surface area (TPSA) is 94.8 Å². The Morgan fingerprint density at radius 1 is 1.19 bits per heavy atom.